The largest absolute Gasteiger partial charge is 0.491 e. The van der Waals surface area contributed by atoms with Crippen LogP contribution >= 0.6 is 0 Å². The van der Waals surface area contributed by atoms with Gasteiger partial charge in [0, 0.05) is 0 Å². The molecule has 0 aliphatic heterocycles. The van der Waals surface area contributed by atoms with Crippen LogP contribution < -0.4 is 10.5 Å². The van der Waals surface area contributed by atoms with Gasteiger partial charge in [0.2, 0.25) is 0 Å². The lowest BCUT2D eigenvalue weighted by Crippen LogP contribution is -2.08. The molecule has 110 valence electrons. The first-order valence-electron chi connectivity index (χ1n) is 6.86. The Kier molecular flexibility index (Phi) is 5.21. The molecule has 2 rings (SSSR count). The van der Waals surface area contributed by atoms with Crippen molar-refractivity contribution in [2.45, 2.75) is 12.8 Å². The highest BCUT2D eigenvalue weighted by Gasteiger charge is 2.13. The minimum absolute atomic E-state index is 0.323. The summed E-state index contributed by atoms with van der Waals surface area (Å²) < 4.78 is 10.3. The number of nitrogen functional groups attached to an aromatic ring is 1. The van der Waals surface area contributed by atoms with Gasteiger partial charge in [-0.1, -0.05) is 36.4 Å². The number of benzene rings is 2. The summed E-state index contributed by atoms with van der Waals surface area (Å²) >= 11 is 0. The van der Waals surface area contributed by atoms with Gasteiger partial charge in [-0.05, 0) is 30.5 Å². The Morgan fingerprint density at radius 2 is 1.86 bits per heavy atom. The zero-order chi connectivity index (χ0) is 15.1. The lowest BCUT2D eigenvalue weighted by molar-refractivity contribution is 0.0601. The van der Waals surface area contributed by atoms with Crippen molar-refractivity contribution in [2.24, 2.45) is 0 Å². The molecule has 0 amide bonds. The molecule has 2 aromatic carbocycles. The molecule has 0 aliphatic rings. The minimum Gasteiger partial charge on any atom is -0.491 e. The Morgan fingerprint density at radius 3 is 2.57 bits per heavy atom. The number of hydrogen-bond donors (Lipinski definition) is 1. The van der Waals surface area contributed by atoms with Crippen LogP contribution in [0.1, 0.15) is 22.3 Å². The second-order valence-electron chi connectivity index (χ2n) is 4.65. The van der Waals surface area contributed by atoms with Crippen molar-refractivity contribution in [2.75, 3.05) is 19.5 Å². The second kappa shape index (κ2) is 7.33. The summed E-state index contributed by atoms with van der Waals surface area (Å²) in [5.74, 6) is 0.0631. The minimum atomic E-state index is -0.456. The van der Waals surface area contributed by atoms with Crippen molar-refractivity contribution in [1.29, 1.82) is 0 Å². The van der Waals surface area contributed by atoms with E-state index in [1.54, 1.807) is 18.2 Å². The van der Waals surface area contributed by atoms with Crippen molar-refractivity contribution in [3.05, 3.63) is 59.7 Å². The molecule has 21 heavy (non-hydrogen) atoms. The van der Waals surface area contributed by atoms with E-state index in [1.165, 1.54) is 12.7 Å². The molecule has 0 saturated carbocycles. The number of carbonyl (C=O) groups excluding carboxylic acids is 1. The topological polar surface area (TPSA) is 61.5 Å². The molecule has 0 saturated heterocycles. The predicted molar refractivity (Wildman–Crippen MR) is 82.5 cm³/mol. The SMILES string of the molecule is COC(=O)c1cccc(OCCCc2ccccc2)c1N. The fourth-order valence-electron chi connectivity index (χ4n) is 2.06. The van der Waals surface area contributed by atoms with E-state index in [9.17, 15) is 4.79 Å². The van der Waals surface area contributed by atoms with E-state index in [0.717, 1.165) is 12.8 Å². The van der Waals surface area contributed by atoms with E-state index in [-0.39, 0.29) is 0 Å². The van der Waals surface area contributed by atoms with E-state index in [0.29, 0.717) is 23.6 Å². The Balaban J connectivity index is 1.90. The lowest BCUT2D eigenvalue weighted by Gasteiger charge is -2.11. The first-order chi connectivity index (χ1) is 10.2. The fourth-order valence-corrected chi connectivity index (χ4v) is 2.06. The molecule has 4 heteroatoms. The molecule has 0 spiro atoms. The highest BCUT2D eigenvalue weighted by atomic mass is 16.5. The third kappa shape index (κ3) is 3.99. The number of anilines is 1. The maximum atomic E-state index is 11.5. The molecule has 0 aliphatic carbocycles. The molecular weight excluding hydrogens is 266 g/mol. The molecule has 0 aromatic heterocycles. The smallest absolute Gasteiger partial charge is 0.340 e. The van der Waals surface area contributed by atoms with Crippen molar-refractivity contribution in [3.8, 4) is 5.75 Å². The Hall–Kier alpha value is -2.49. The number of esters is 1. The molecule has 0 atom stereocenters. The third-order valence-electron chi connectivity index (χ3n) is 3.18. The van der Waals surface area contributed by atoms with Gasteiger partial charge in [-0.25, -0.2) is 4.79 Å². The van der Waals surface area contributed by atoms with Gasteiger partial charge in [0.05, 0.1) is 25.0 Å². The number of hydrogen-bond acceptors (Lipinski definition) is 4. The molecular formula is C17H19NO3. The zero-order valence-electron chi connectivity index (χ0n) is 12.0. The van der Waals surface area contributed by atoms with Crippen LogP contribution in [-0.2, 0) is 11.2 Å². The van der Waals surface area contributed by atoms with Crippen molar-refractivity contribution < 1.29 is 14.3 Å². The van der Waals surface area contributed by atoms with Crippen LogP contribution in [0, 0.1) is 0 Å². The van der Waals surface area contributed by atoms with Crippen molar-refractivity contribution >= 4 is 11.7 Å². The highest BCUT2D eigenvalue weighted by molar-refractivity contribution is 5.96. The summed E-state index contributed by atoms with van der Waals surface area (Å²) in [6.45, 7) is 0.545. The van der Waals surface area contributed by atoms with Crippen molar-refractivity contribution in [3.63, 3.8) is 0 Å². The summed E-state index contributed by atoms with van der Waals surface area (Å²) in [7, 11) is 1.33. The molecule has 0 heterocycles. The van der Waals surface area contributed by atoms with Gasteiger partial charge in [-0.15, -0.1) is 0 Å². The van der Waals surface area contributed by atoms with Crippen LogP contribution in [-0.4, -0.2) is 19.7 Å². The van der Waals surface area contributed by atoms with Crippen LogP contribution in [0.3, 0.4) is 0 Å². The Bertz CT molecular complexity index is 596. The number of nitrogens with two attached hydrogens (primary N) is 1. The number of rotatable bonds is 6. The van der Waals surface area contributed by atoms with E-state index < -0.39 is 5.97 Å². The monoisotopic (exact) mass is 285 g/mol. The van der Waals surface area contributed by atoms with Crippen LogP contribution in [0.5, 0.6) is 5.75 Å². The number of para-hydroxylation sites is 1. The second-order valence-corrected chi connectivity index (χ2v) is 4.65. The zero-order valence-corrected chi connectivity index (χ0v) is 12.0. The molecule has 0 radical (unpaired) electrons. The maximum Gasteiger partial charge on any atom is 0.340 e. The number of aryl methyl sites for hydroxylation is 1. The van der Waals surface area contributed by atoms with Gasteiger partial charge in [0.1, 0.15) is 5.75 Å². The van der Waals surface area contributed by atoms with Crippen LogP contribution in [0.25, 0.3) is 0 Å². The predicted octanol–water partition coefficient (Wildman–Crippen LogP) is 3.07. The molecule has 4 nitrogen and oxygen atoms in total. The number of carbonyl (C=O) groups is 1. The summed E-state index contributed by atoms with van der Waals surface area (Å²) in [5.41, 5.74) is 7.86. The quantitative estimate of drug-likeness (QED) is 0.503. The van der Waals surface area contributed by atoms with E-state index in [2.05, 4.69) is 16.9 Å². The van der Waals surface area contributed by atoms with E-state index in [4.69, 9.17) is 10.5 Å². The summed E-state index contributed by atoms with van der Waals surface area (Å²) in [4.78, 5) is 11.5. The Labute approximate surface area is 124 Å². The standard InChI is InChI=1S/C17H19NO3/c1-20-17(19)14-10-5-11-15(16(14)18)21-12-6-9-13-7-3-2-4-8-13/h2-5,7-8,10-11H,6,9,12,18H2,1H3. The Morgan fingerprint density at radius 1 is 1.10 bits per heavy atom. The van der Waals surface area contributed by atoms with Gasteiger partial charge in [0.15, 0.2) is 0 Å². The average molecular weight is 285 g/mol. The average Bonchev–Trinajstić information content (AvgIpc) is 2.53. The first kappa shape index (κ1) is 14.9. The molecule has 0 fully saturated rings. The van der Waals surface area contributed by atoms with Gasteiger partial charge in [0.25, 0.3) is 0 Å². The van der Waals surface area contributed by atoms with Crippen molar-refractivity contribution in [1.82, 2.24) is 0 Å². The van der Waals surface area contributed by atoms with E-state index in [1.807, 2.05) is 18.2 Å². The fraction of sp³-hybridized carbons (Fsp3) is 0.235. The molecule has 2 N–H and O–H groups in total. The first-order valence-corrected chi connectivity index (χ1v) is 6.86. The molecule has 0 bridgehead atoms. The van der Waals surface area contributed by atoms with Gasteiger partial charge in [-0.2, -0.15) is 0 Å². The normalized spacial score (nSPS) is 10.1. The van der Waals surface area contributed by atoms with Crippen LogP contribution in [0.15, 0.2) is 48.5 Å². The summed E-state index contributed by atoms with van der Waals surface area (Å²) in [6, 6.07) is 15.3. The maximum absolute atomic E-state index is 11.5. The van der Waals surface area contributed by atoms with Crippen LogP contribution in [0.4, 0.5) is 5.69 Å². The molecule has 2 aromatic rings. The molecule has 0 unspecified atom stereocenters. The van der Waals surface area contributed by atoms with Gasteiger partial charge >= 0.3 is 5.97 Å². The summed E-state index contributed by atoms with van der Waals surface area (Å²) in [6.07, 6.45) is 1.82. The number of methoxy groups -OCH3 is 1. The van der Waals surface area contributed by atoms with Gasteiger partial charge < -0.3 is 15.2 Å². The highest BCUT2D eigenvalue weighted by Crippen LogP contribution is 2.25. The van der Waals surface area contributed by atoms with Gasteiger partial charge in [-0.3, -0.25) is 0 Å². The van der Waals surface area contributed by atoms with E-state index >= 15 is 0 Å². The third-order valence-corrected chi connectivity index (χ3v) is 3.18. The number of ether oxygens (including phenoxy) is 2. The van der Waals surface area contributed by atoms with Crippen LogP contribution in [0.2, 0.25) is 0 Å². The summed E-state index contributed by atoms with van der Waals surface area (Å²) in [5, 5.41) is 0. The lowest BCUT2D eigenvalue weighted by atomic mass is 10.1.